The van der Waals surface area contributed by atoms with Crippen molar-refractivity contribution in [2.45, 2.75) is 37.9 Å². The summed E-state index contributed by atoms with van der Waals surface area (Å²) in [6.07, 6.45) is -3.29. The molecule has 0 radical (unpaired) electrons. The minimum atomic E-state index is -4.68. The van der Waals surface area contributed by atoms with Crippen molar-refractivity contribution >= 4 is 33.2 Å². The van der Waals surface area contributed by atoms with E-state index in [1.54, 1.807) is 0 Å². The molecule has 0 saturated heterocycles. The van der Waals surface area contributed by atoms with E-state index in [0.29, 0.717) is 18.5 Å². The third-order valence-electron chi connectivity index (χ3n) is 4.53. The molecule has 1 aromatic heterocycles. The average Bonchev–Trinajstić information content (AvgIpc) is 3.42. The largest absolute Gasteiger partial charge is 0.496 e. The Kier molecular flexibility index (Phi) is 5.57. The summed E-state index contributed by atoms with van der Waals surface area (Å²) in [5, 5.41) is 17.3. The minimum Gasteiger partial charge on any atom is -0.496 e. The highest BCUT2D eigenvalue weighted by Crippen LogP contribution is 2.47. The fourth-order valence-electron chi connectivity index (χ4n) is 2.87. The number of alkyl halides is 3. The van der Waals surface area contributed by atoms with Crippen LogP contribution in [0.25, 0.3) is 0 Å². The molecule has 0 spiro atoms. The van der Waals surface area contributed by atoms with E-state index in [1.165, 1.54) is 26.2 Å². The first-order valence-electron chi connectivity index (χ1n) is 8.53. The Morgan fingerprint density at radius 3 is 2.62 bits per heavy atom. The Labute approximate surface area is 171 Å². The number of nitrogens with zero attached hydrogens (tertiary/aromatic N) is 3. The fraction of sp³-hybridized carbons (Fsp3) is 0.412. The third kappa shape index (κ3) is 4.21. The van der Waals surface area contributed by atoms with Crippen LogP contribution < -0.4 is 10.1 Å². The summed E-state index contributed by atoms with van der Waals surface area (Å²) in [5.41, 5.74) is -1.30. The van der Waals surface area contributed by atoms with Crippen molar-refractivity contribution in [2.75, 3.05) is 12.4 Å². The average molecular weight is 477 g/mol. The van der Waals surface area contributed by atoms with Gasteiger partial charge in [0, 0.05) is 5.92 Å². The van der Waals surface area contributed by atoms with Crippen LogP contribution >= 0.6 is 15.9 Å². The van der Waals surface area contributed by atoms with E-state index >= 15 is 0 Å². The Hall–Kier alpha value is -2.63. The van der Waals surface area contributed by atoms with Crippen LogP contribution in [0.3, 0.4) is 0 Å². The molecule has 1 aliphatic rings. The number of anilines is 1. The lowest BCUT2D eigenvalue weighted by atomic mass is 10.2. The van der Waals surface area contributed by atoms with Gasteiger partial charge in [0.05, 0.1) is 28.3 Å². The van der Waals surface area contributed by atoms with Crippen LogP contribution in [0.1, 0.15) is 43.1 Å². The quantitative estimate of drug-likeness (QED) is 0.482. The van der Waals surface area contributed by atoms with Crippen LogP contribution in [0.5, 0.6) is 5.75 Å². The van der Waals surface area contributed by atoms with Gasteiger partial charge in [0.25, 0.3) is 5.69 Å². The lowest BCUT2D eigenvalue weighted by Crippen LogP contribution is -2.26. The van der Waals surface area contributed by atoms with Gasteiger partial charge < -0.3 is 10.1 Å². The summed E-state index contributed by atoms with van der Waals surface area (Å²) < 4.78 is 45.6. The molecule has 8 nitrogen and oxygen atoms in total. The molecule has 1 heterocycles. The normalized spacial score (nSPS) is 15.1. The summed E-state index contributed by atoms with van der Waals surface area (Å²) in [4.78, 5) is 23.3. The van der Waals surface area contributed by atoms with Crippen LogP contribution in [0.2, 0.25) is 0 Å². The van der Waals surface area contributed by atoms with Crippen LogP contribution in [-0.2, 0) is 11.0 Å². The molecule has 1 aliphatic carbocycles. The van der Waals surface area contributed by atoms with Gasteiger partial charge in [-0.2, -0.15) is 18.3 Å². The number of nitro groups is 1. The summed E-state index contributed by atoms with van der Waals surface area (Å²) >= 11 is 2.97. The molecule has 29 heavy (non-hydrogen) atoms. The first kappa shape index (κ1) is 21.1. The van der Waals surface area contributed by atoms with Gasteiger partial charge in [-0.3, -0.25) is 19.6 Å². The van der Waals surface area contributed by atoms with Gasteiger partial charge in [-0.25, -0.2) is 0 Å². The van der Waals surface area contributed by atoms with Crippen molar-refractivity contribution in [3.05, 3.63) is 44.2 Å². The van der Waals surface area contributed by atoms with Gasteiger partial charge in [0.2, 0.25) is 5.91 Å². The van der Waals surface area contributed by atoms with Gasteiger partial charge in [0.1, 0.15) is 17.5 Å². The van der Waals surface area contributed by atoms with E-state index in [0.717, 1.165) is 10.7 Å². The van der Waals surface area contributed by atoms with Crippen molar-refractivity contribution < 1.29 is 27.6 Å². The fourth-order valence-corrected chi connectivity index (χ4v) is 3.68. The highest BCUT2D eigenvalue weighted by atomic mass is 79.9. The number of halogens is 4. The summed E-state index contributed by atoms with van der Waals surface area (Å²) in [7, 11) is 1.34. The number of aromatic nitrogens is 2. The first-order chi connectivity index (χ1) is 13.5. The zero-order valence-corrected chi connectivity index (χ0v) is 16.9. The van der Waals surface area contributed by atoms with E-state index in [2.05, 4.69) is 26.3 Å². The van der Waals surface area contributed by atoms with Crippen molar-refractivity contribution in [1.82, 2.24) is 9.78 Å². The van der Waals surface area contributed by atoms with E-state index in [4.69, 9.17) is 4.74 Å². The molecule has 1 amide bonds. The van der Waals surface area contributed by atoms with Crippen molar-refractivity contribution in [2.24, 2.45) is 0 Å². The second-order valence-electron chi connectivity index (χ2n) is 6.57. The number of ether oxygens (including phenoxy) is 1. The monoisotopic (exact) mass is 476 g/mol. The lowest BCUT2D eigenvalue weighted by Gasteiger charge is -2.16. The van der Waals surface area contributed by atoms with Gasteiger partial charge in [-0.1, -0.05) is 0 Å². The van der Waals surface area contributed by atoms with Crippen LogP contribution in [0, 0.1) is 10.1 Å². The smallest absolute Gasteiger partial charge is 0.436 e. The van der Waals surface area contributed by atoms with Gasteiger partial charge in [0.15, 0.2) is 5.69 Å². The molecule has 1 saturated carbocycles. The predicted molar refractivity (Wildman–Crippen MR) is 99.9 cm³/mol. The van der Waals surface area contributed by atoms with Crippen LogP contribution in [0.15, 0.2) is 22.7 Å². The molecule has 12 heteroatoms. The number of amides is 1. The maximum absolute atomic E-state index is 13.3. The second-order valence-corrected chi connectivity index (χ2v) is 7.36. The number of nitro benzene ring substituents is 1. The first-order valence-corrected chi connectivity index (χ1v) is 9.32. The Morgan fingerprint density at radius 2 is 2.10 bits per heavy atom. The molecular weight excluding hydrogens is 461 g/mol. The highest BCUT2D eigenvalue weighted by molar-refractivity contribution is 9.10. The Bertz CT molecular complexity index is 972. The standard InChI is InChI=1S/C17H16BrF3N4O4/c1-8(16(26)22-11-6-5-10(29-2)7-12(11)25(27)28)24-14(9-3-4-9)13(18)15(23-24)17(19,20)21/h5-9H,3-4H2,1-2H3,(H,22,26). The topological polar surface area (TPSA) is 99.3 Å². The Balaban J connectivity index is 1.93. The number of benzene rings is 1. The van der Waals surface area contributed by atoms with E-state index < -0.39 is 34.4 Å². The minimum absolute atomic E-state index is 0.0945. The van der Waals surface area contributed by atoms with Gasteiger partial charge >= 0.3 is 6.18 Å². The van der Waals surface area contributed by atoms with E-state index in [-0.39, 0.29) is 21.8 Å². The number of hydrogen-bond acceptors (Lipinski definition) is 5. The summed E-state index contributed by atoms with van der Waals surface area (Å²) in [6, 6.07) is 2.74. The molecule has 1 fully saturated rings. The molecule has 2 aromatic rings. The molecule has 156 valence electrons. The van der Waals surface area contributed by atoms with Crippen molar-refractivity contribution in [3.63, 3.8) is 0 Å². The Morgan fingerprint density at radius 1 is 1.45 bits per heavy atom. The number of hydrogen-bond donors (Lipinski definition) is 1. The van der Waals surface area contributed by atoms with E-state index in [1.807, 2.05) is 0 Å². The molecule has 1 unspecified atom stereocenters. The molecule has 1 N–H and O–H groups in total. The maximum Gasteiger partial charge on any atom is 0.436 e. The molecule has 0 aliphatic heterocycles. The molecule has 1 atom stereocenters. The number of carbonyl (C=O) groups is 1. The number of carbonyl (C=O) groups excluding carboxylic acids is 1. The number of rotatable bonds is 6. The second kappa shape index (κ2) is 7.65. The zero-order chi connectivity index (χ0) is 21.5. The summed E-state index contributed by atoms with van der Waals surface area (Å²) in [6.45, 7) is 1.39. The van der Waals surface area contributed by atoms with Crippen molar-refractivity contribution in [1.29, 1.82) is 0 Å². The third-order valence-corrected chi connectivity index (χ3v) is 5.31. The van der Waals surface area contributed by atoms with Gasteiger partial charge in [-0.15, -0.1) is 0 Å². The van der Waals surface area contributed by atoms with Crippen LogP contribution in [-0.4, -0.2) is 27.7 Å². The lowest BCUT2D eigenvalue weighted by molar-refractivity contribution is -0.384. The number of nitrogens with one attached hydrogen (secondary N) is 1. The molecular formula is C17H16BrF3N4O4. The van der Waals surface area contributed by atoms with Gasteiger partial charge in [-0.05, 0) is 47.8 Å². The number of methoxy groups -OCH3 is 1. The maximum atomic E-state index is 13.3. The SMILES string of the molecule is COc1ccc(NC(=O)C(C)n2nc(C(F)(F)F)c(Br)c2C2CC2)c([N+](=O)[O-])c1. The predicted octanol–water partition coefficient (Wildman–Crippen LogP) is 4.66. The zero-order valence-electron chi connectivity index (χ0n) is 15.3. The molecule has 0 bridgehead atoms. The van der Waals surface area contributed by atoms with Crippen LogP contribution in [0.4, 0.5) is 24.5 Å². The summed E-state index contributed by atoms with van der Waals surface area (Å²) in [5.74, 6) is -0.632. The van der Waals surface area contributed by atoms with E-state index in [9.17, 15) is 28.1 Å². The van der Waals surface area contributed by atoms with Crippen molar-refractivity contribution in [3.8, 4) is 5.75 Å². The molecule has 3 rings (SSSR count). The molecule has 1 aromatic carbocycles. The highest BCUT2D eigenvalue weighted by Gasteiger charge is 2.43.